The lowest BCUT2D eigenvalue weighted by molar-refractivity contribution is 0.180. The summed E-state index contributed by atoms with van der Waals surface area (Å²) in [5, 5.41) is 3.53. The van der Waals surface area contributed by atoms with Gasteiger partial charge in [0.1, 0.15) is 0 Å². The average Bonchev–Trinajstić information content (AvgIpc) is 3.28. The molecule has 4 aromatic rings. The molecular formula is C25H27N5O. The summed E-state index contributed by atoms with van der Waals surface area (Å²) in [7, 11) is 0. The van der Waals surface area contributed by atoms with Crippen LogP contribution in [0.1, 0.15) is 26.2 Å². The number of piperidine rings is 1. The fourth-order valence-electron chi connectivity index (χ4n) is 4.10. The first-order valence-electron chi connectivity index (χ1n) is 11.1. The summed E-state index contributed by atoms with van der Waals surface area (Å²) in [5.74, 6) is 1.90. The summed E-state index contributed by atoms with van der Waals surface area (Å²) in [6.45, 7) is 5.39. The highest BCUT2D eigenvalue weighted by atomic mass is 16.3. The lowest BCUT2D eigenvalue weighted by Gasteiger charge is -2.32. The van der Waals surface area contributed by atoms with Gasteiger partial charge in [0.15, 0.2) is 11.6 Å². The van der Waals surface area contributed by atoms with E-state index in [1.807, 2.05) is 60.7 Å². The molecule has 1 aliphatic rings. The summed E-state index contributed by atoms with van der Waals surface area (Å²) in [6.07, 6.45) is 3.90. The third kappa shape index (κ3) is 4.30. The maximum atomic E-state index is 6.14. The van der Waals surface area contributed by atoms with Crippen LogP contribution < -0.4 is 5.32 Å². The van der Waals surface area contributed by atoms with E-state index in [-0.39, 0.29) is 0 Å². The molecule has 1 atom stereocenters. The first-order valence-corrected chi connectivity index (χ1v) is 11.1. The second-order valence-electron chi connectivity index (χ2n) is 8.13. The molecule has 158 valence electrons. The van der Waals surface area contributed by atoms with E-state index in [1.165, 1.54) is 19.3 Å². The van der Waals surface area contributed by atoms with Crippen LogP contribution in [0.2, 0.25) is 0 Å². The largest absolute Gasteiger partial charge is 0.430 e. The van der Waals surface area contributed by atoms with Gasteiger partial charge in [-0.1, -0.05) is 55.0 Å². The molecule has 0 spiro atoms. The standard InChI is InChI=1S/C25H27N5O/c1-18(30-15-9-4-10-16-30)17-26-23-21-24(28-22(27-23)19-11-5-2-6-12-19)29-25(31-21)20-13-7-3-8-14-20/h2-3,5-8,11-14,18H,4,9-10,15-17H2,1H3,(H,26,27,28)/t18-/m1/s1. The van der Waals surface area contributed by atoms with Crippen molar-refractivity contribution in [3.63, 3.8) is 0 Å². The molecule has 0 unspecified atom stereocenters. The minimum atomic E-state index is 0.419. The Hall–Kier alpha value is -3.25. The highest BCUT2D eigenvalue weighted by Gasteiger charge is 2.20. The van der Waals surface area contributed by atoms with Crippen LogP contribution in [0, 0.1) is 0 Å². The summed E-state index contributed by atoms with van der Waals surface area (Å²) in [4.78, 5) is 16.7. The summed E-state index contributed by atoms with van der Waals surface area (Å²) in [5.41, 5.74) is 3.06. The van der Waals surface area contributed by atoms with Crippen LogP contribution in [0.3, 0.4) is 0 Å². The number of nitrogens with one attached hydrogen (secondary N) is 1. The zero-order valence-corrected chi connectivity index (χ0v) is 17.8. The van der Waals surface area contributed by atoms with Gasteiger partial charge in [-0.2, -0.15) is 4.98 Å². The third-order valence-electron chi connectivity index (χ3n) is 5.89. The van der Waals surface area contributed by atoms with E-state index in [1.54, 1.807) is 0 Å². The van der Waals surface area contributed by atoms with Crippen molar-refractivity contribution in [2.75, 3.05) is 25.0 Å². The number of oxazole rings is 1. The molecule has 1 fully saturated rings. The van der Waals surface area contributed by atoms with Gasteiger partial charge in [0.05, 0.1) is 0 Å². The van der Waals surface area contributed by atoms with Gasteiger partial charge in [-0.25, -0.2) is 9.97 Å². The lowest BCUT2D eigenvalue weighted by atomic mass is 10.1. The molecule has 0 aliphatic carbocycles. The van der Waals surface area contributed by atoms with Crippen molar-refractivity contribution >= 4 is 17.0 Å². The van der Waals surface area contributed by atoms with Crippen LogP contribution in [0.25, 0.3) is 34.1 Å². The SMILES string of the molecule is C[C@H](CNc1nc(-c2ccccc2)nc2nc(-c3ccccc3)oc12)N1CCCCC1. The van der Waals surface area contributed by atoms with Gasteiger partial charge in [0, 0.05) is 23.7 Å². The molecule has 0 saturated carbocycles. The van der Waals surface area contributed by atoms with E-state index in [4.69, 9.17) is 14.4 Å². The van der Waals surface area contributed by atoms with Crippen LogP contribution in [0.15, 0.2) is 65.1 Å². The van der Waals surface area contributed by atoms with E-state index in [0.717, 1.165) is 30.8 Å². The Morgan fingerprint density at radius 1 is 0.871 bits per heavy atom. The number of hydrogen-bond donors (Lipinski definition) is 1. The Labute approximate surface area is 182 Å². The highest BCUT2D eigenvalue weighted by Crippen LogP contribution is 2.29. The van der Waals surface area contributed by atoms with E-state index < -0.39 is 0 Å². The molecule has 6 heteroatoms. The summed E-state index contributed by atoms with van der Waals surface area (Å²) in [6, 6.07) is 20.3. The first kappa shape index (κ1) is 19.7. The van der Waals surface area contributed by atoms with Crippen LogP contribution in [-0.4, -0.2) is 45.5 Å². The van der Waals surface area contributed by atoms with Gasteiger partial charge in [-0.3, -0.25) is 4.90 Å². The predicted molar refractivity (Wildman–Crippen MR) is 124 cm³/mol. The Morgan fingerprint density at radius 3 is 2.26 bits per heavy atom. The van der Waals surface area contributed by atoms with Gasteiger partial charge in [-0.15, -0.1) is 0 Å². The number of aromatic nitrogens is 3. The number of nitrogens with zero attached hydrogens (tertiary/aromatic N) is 4. The Morgan fingerprint density at radius 2 is 1.55 bits per heavy atom. The molecule has 0 radical (unpaired) electrons. The van der Waals surface area contributed by atoms with Crippen LogP contribution >= 0.6 is 0 Å². The number of anilines is 1. The first-order chi connectivity index (χ1) is 15.3. The highest BCUT2D eigenvalue weighted by molar-refractivity contribution is 5.84. The van der Waals surface area contributed by atoms with Gasteiger partial charge in [0.2, 0.25) is 17.1 Å². The van der Waals surface area contributed by atoms with Crippen molar-refractivity contribution in [3.8, 4) is 22.8 Å². The van der Waals surface area contributed by atoms with E-state index in [0.29, 0.717) is 34.8 Å². The second kappa shape index (κ2) is 8.86. The van der Waals surface area contributed by atoms with Crippen LogP contribution in [0.4, 0.5) is 5.82 Å². The maximum Gasteiger partial charge on any atom is 0.229 e. The molecule has 2 aromatic heterocycles. The molecule has 6 nitrogen and oxygen atoms in total. The smallest absolute Gasteiger partial charge is 0.229 e. The monoisotopic (exact) mass is 413 g/mol. The van der Waals surface area contributed by atoms with Crippen LogP contribution in [-0.2, 0) is 0 Å². The van der Waals surface area contributed by atoms with Gasteiger partial charge >= 0.3 is 0 Å². The van der Waals surface area contributed by atoms with Gasteiger partial charge in [0.25, 0.3) is 0 Å². The Kier molecular flexibility index (Phi) is 5.63. The third-order valence-corrected chi connectivity index (χ3v) is 5.89. The molecule has 5 rings (SSSR count). The Balaban J connectivity index is 1.50. The van der Waals surface area contributed by atoms with Gasteiger partial charge < -0.3 is 9.73 Å². The van der Waals surface area contributed by atoms with E-state index in [2.05, 4.69) is 22.1 Å². The lowest BCUT2D eigenvalue weighted by Crippen LogP contribution is -2.41. The molecule has 1 N–H and O–H groups in total. The number of benzene rings is 2. The molecule has 31 heavy (non-hydrogen) atoms. The van der Waals surface area contributed by atoms with Crippen molar-refractivity contribution in [2.45, 2.75) is 32.2 Å². The summed E-state index contributed by atoms with van der Waals surface area (Å²) >= 11 is 0. The summed E-state index contributed by atoms with van der Waals surface area (Å²) < 4.78 is 6.14. The molecule has 0 amide bonds. The Bertz CT molecular complexity index is 1140. The van der Waals surface area contributed by atoms with Crippen molar-refractivity contribution in [2.24, 2.45) is 0 Å². The topological polar surface area (TPSA) is 67.1 Å². The number of fused-ring (bicyclic) bond motifs is 1. The van der Waals surface area contributed by atoms with Crippen molar-refractivity contribution in [1.82, 2.24) is 19.9 Å². The number of likely N-dealkylation sites (tertiary alicyclic amines) is 1. The molecular weight excluding hydrogens is 386 g/mol. The maximum absolute atomic E-state index is 6.14. The molecule has 3 heterocycles. The van der Waals surface area contributed by atoms with Gasteiger partial charge in [-0.05, 0) is 45.0 Å². The number of hydrogen-bond acceptors (Lipinski definition) is 6. The van der Waals surface area contributed by atoms with Crippen molar-refractivity contribution in [1.29, 1.82) is 0 Å². The average molecular weight is 414 g/mol. The minimum Gasteiger partial charge on any atom is -0.430 e. The zero-order chi connectivity index (χ0) is 21.0. The normalized spacial score (nSPS) is 15.8. The molecule has 1 aliphatic heterocycles. The fraction of sp³-hybridized carbons (Fsp3) is 0.320. The van der Waals surface area contributed by atoms with E-state index in [9.17, 15) is 0 Å². The number of rotatable bonds is 6. The van der Waals surface area contributed by atoms with Crippen LogP contribution in [0.5, 0.6) is 0 Å². The quantitative estimate of drug-likeness (QED) is 0.466. The van der Waals surface area contributed by atoms with E-state index >= 15 is 0 Å². The molecule has 1 saturated heterocycles. The molecule has 2 aromatic carbocycles. The van der Waals surface area contributed by atoms with Crippen molar-refractivity contribution < 1.29 is 4.42 Å². The second-order valence-corrected chi connectivity index (χ2v) is 8.13. The minimum absolute atomic E-state index is 0.419. The molecule has 0 bridgehead atoms. The van der Waals surface area contributed by atoms with Crippen molar-refractivity contribution in [3.05, 3.63) is 60.7 Å². The zero-order valence-electron chi connectivity index (χ0n) is 17.8. The predicted octanol–water partition coefficient (Wildman–Crippen LogP) is 5.24. The fourth-order valence-corrected chi connectivity index (χ4v) is 4.10.